The maximum Gasteiger partial charge on any atom is 0.108 e. The average molecular weight is 407 g/mol. The minimum absolute atomic E-state index is 0.0866. The maximum absolute atomic E-state index is 10.3. The van der Waals surface area contributed by atoms with Crippen LogP contribution >= 0.6 is 0 Å². The molecule has 0 aliphatic rings. The van der Waals surface area contributed by atoms with Crippen LogP contribution in [0.1, 0.15) is 91.9 Å². The van der Waals surface area contributed by atoms with Crippen molar-refractivity contribution in [2.75, 3.05) is 0 Å². The molecular formula is C22H48NO5+. The fraction of sp³-hybridized carbons (Fsp3) is 1.00. The Labute approximate surface area is 172 Å². The molecule has 0 aromatic rings. The molecule has 0 fully saturated rings. The number of aliphatic hydroxyl groups excluding tert-OH is 5. The van der Waals surface area contributed by atoms with E-state index in [4.69, 9.17) is 0 Å². The second-order valence-electron chi connectivity index (χ2n) is 9.13. The summed E-state index contributed by atoms with van der Waals surface area (Å²) in [6, 6.07) is -0.0959. The van der Waals surface area contributed by atoms with Gasteiger partial charge in [0.05, 0.1) is 24.4 Å². The highest BCUT2D eigenvalue weighted by Crippen LogP contribution is 2.22. The third kappa shape index (κ3) is 13.1. The van der Waals surface area contributed by atoms with Gasteiger partial charge in [-0.1, -0.05) is 46.5 Å². The van der Waals surface area contributed by atoms with Crippen molar-refractivity contribution in [1.82, 2.24) is 0 Å². The molecule has 170 valence electrons. The summed E-state index contributed by atoms with van der Waals surface area (Å²) in [4.78, 5) is 0. The van der Waals surface area contributed by atoms with Gasteiger partial charge in [-0.05, 0) is 50.9 Å². The van der Waals surface area contributed by atoms with Crippen molar-refractivity contribution in [3.05, 3.63) is 0 Å². The first-order valence-electron chi connectivity index (χ1n) is 11.3. The van der Waals surface area contributed by atoms with Gasteiger partial charge in [-0.3, -0.25) is 0 Å². The van der Waals surface area contributed by atoms with E-state index in [0.29, 0.717) is 32.1 Å². The van der Waals surface area contributed by atoms with E-state index in [0.717, 1.165) is 32.1 Å². The molecule has 0 spiro atoms. The molecule has 0 aromatic carbocycles. The number of rotatable bonds is 17. The van der Waals surface area contributed by atoms with E-state index >= 15 is 0 Å². The van der Waals surface area contributed by atoms with Gasteiger partial charge in [-0.25, -0.2) is 0 Å². The first-order chi connectivity index (χ1) is 13.1. The van der Waals surface area contributed by atoms with Crippen molar-refractivity contribution in [3.8, 4) is 0 Å². The lowest BCUT2D eigenvalue weighted by atomic mass is 9.88. The molecular weight excluding hydrogens is 358 g/mol. The molecule has 28 heavy (non-hydrogen) atoms. The molecule has 0 bridgehead atoms. The third-order valence-electron chi connectivity index (χ3n) is 5.80. The highest BCUT2D eigenvalue weighted by molar-refractivity contribution is 4.76. The van der Waals surface area contributed by atoms with Crippen molar-refractivity contribution in [2.24, 2.45) is 11.8 Å². The van der Waals surface area contributed by atoms with E-state index in [9.17, 15) is 25.5 Å². The summed E-state index contributed by atoms with van der Waals surface area (Å²) in [5, 5.41) is 50.4. The van der Waals surface area contributed by atoms with Gasteiger partial charge in [0.1, 0.15) is 12.1 Å². The summed E-state index contributed by atoms with van der Waals surface area (Å²) < 4.78 is 0. The molecule has 0 aromatic heterocycles. The second kappa shape index (κ2) is 15.6. The minimum atomic E-state index is -0.744. The Hall–Kier alpha value is -0.240. The first-order valence-corrected chi connectivity index (χ1v) is 11.3. The van der Waals surface area contributed by atoms with E-state index in [1.807, 2.05) is 20.8 Å². The highest BCUT2D eigenvalue weighted by atomic mass is 16.3. The molecule has 0 aliphatic heterocycles. The fourth-order valence-electron chi connectivity index (χ4n) is 3.70. The van der Waals surface area contributed by atoms with Gasteiger partial charge in [0.2, 0.25) is 0 Å². The van der Waals surface area contributed by atoms with Crippen LogP contribution < -0.4 is 5.73 Å². The van der Waals surface area contributed by atoms with Crippen molar-refractivity contribution in [3.63, 3.8) is 0 Å². The number of quaternary nitrogens is 1. The van der Waals surface area contributed by atoms with Crippen molar-refractivity contribution in [1.29, 1.82) is 0 Å². The zero-order valence-corrected chi connectivity index (χ0v) is 18.6. The van der Waals surface area contributed by atoms with Gasteiger partial charge in [0, 0.05) is 6.42 Å². The molecule has 8 N–H and O–H groups in total. The van der Waals surface area contributed by atoms with Gasteiger partial charge in [-0.15, -0.1) is 0 Å². The molecule has 0 rings (SSSR count). The molecule has 8 unspecified atom stereocenters. The summed E-state index contributed by atoms with van der Waals surface area (Å²) in [6.45, 7) is 7.93. The Kier molecular flexibility index (Phi) is 15.4. The molecule has 0 saturated heterocycles. The van der Waals surface area contributed by atoms with Crippen molar-refractivity contribution in [2.45, 2.75) is 128 Å². The van der Waals surface area contributed by atoms with Gasteiger partial charge >= 0.3 is 0 Å². The molecule has 0 radical (unpaired) electrons. The van der Waals surface area contributed by atoms with Crippen LogP contribution in [0.25, 0.3) is 0 Å². The normalized spacial score (nSPS) is 20.8. The van der Waals surface area contributed by atoms with E-state index in [2.05, 4.69) is 12.7 Å². The summed E-state index contributed by atoms with van der Waals surface area (Å²) in [5.41, 5.74) is 3.76. The van der Waals surface area contributed by atoms with Gasteiger partial charge in [0.15, 0.2) is 0 Å². The first kappa shape index (κ1) is 27.8. The second-order valence-corrected chi connectivity index (χ2v) is 9.13. The maximum atomic E-state index is 10.3. The van der Waals surface area contributed by atoms with Gasteiger partial charge < -0.3 is 31.3 Å². The number of aliphatic hydroxyl groups is 5. The Bertz CT molecular complexity index is 369. The smallest absolute Gasteiger partial charge is 0.108 e. The van der Waals surface area contributed by atoms with E-state index < -0.39 is 30.5 Å². The third-order valence-corrected chi connectivity index (χ3v) is 5.80. The number of hydrogen-bond acceptors (Lipinski definition) is 5. The Morgan fingerprint density at radius 3 is 1.71 bits per heavy atom. The summed E-state index contributed by atoms with van der Waals surface area (Å²) in [5.74, 6) is 0.223. The predicted octanol–water partition coefficient (Wildman–Crippen LogP) is 1.61. The van der Waals surface area contributed by atoms with Crippen LogP contribution in [0.3, 0.4) is 0 Å². The predicted molar refractivity (Wildman–Crippen MR) is 113 cm³/mol. The van der Waals surface area contributed by atoms with Crippen LogP contribution in [0.15, 0.2) is 0 Å². The van der Waals surface area contributed by atoms with E-state index in [1.54, 1.807) is 0 Å². The monoisotopic (exact) mass is 406 g/mol. The molecule has 8 atom stereocenters. The van der Waals surface area contributed by atoms with Crippen LogP contribution in [-0.4, -0.2) is 62.1 Å². The van der Waals surface area contributed by atoms with Crippen LogP contribution in [-0.2, 0) is 0 Å². The van der Waals surface area contributed by atoms with Gasteiger partial charge in [-0.2, -0.15) is 0 Å². The Morgan fingerprint density at radius 1 is 0.679 bits per heavy atom. The molecule has 0 heterocycles. The lowest BCUT2D eigenvalue weighted by molar-refractivity contribution is -0.432. The molecule has 0 aliphatic carbocycles. The molecule has 0 saturated carbocycles. The molecule has 6 nitrogen and oxygen atoms in total. The Balaban J connectivity index is 3.98. The van der Waals surface area contributed by atoms with Crippen LogP contribution in [0.2, 0.25) is 0 Å². The quantitative estimate of drug-likeness (QED) is 0.205. The summed E-state index contributed by atoms with van der Waals surface area (Å²) in [7, 11) is 0. The van der Waals surface area contributed by atoms with Crippen LogP contribution in [0, 0.1) is 11.8 Å². The van der Waals surface area contributed by atoms with Crippen LogP contribution in [0.4, 0.5) is 0 Å². The van der Waals surface area contributed by atoms with E-state index in [1.165, 1.54) is 0 Å². The SMILES string of the molecule is CCCCC(C)C(O)C(O)CC(C)CC(O)CCCCC(O)CC(O)C(C)[NH3+]. The number of hydrogen-bond donors (Lipinski definition) is 6. The van der Waals surface area contributed by atoms with Gasteiger partial charge in [0.25, 0.3) is 0 Å². The number of unbranched alkanes of at least 4 members (excludes halogenated alkanes) is 2. The average Bonchev–Trinajstić information content (AvgIpc) is 2.62. The topological polar surface area (TPSA) is 129 Å². The summed E-state index contributed by atoms with van der Waals surface area (Å²) in [6.07, 6.45) is 4.43. The minimum Gasteiger partial charge on any atom is -0.393 e. The fourth-order valence-corrected chi connectivity index (χ4v) is 3.70. The zero-order valence-electron chi connectivity index (χ0n) is 18.6. The van der Waals surface area contributed by atoms with Crippen LogP contribution in [0.5, 0.6) is 0 Å². The molecule has 0 amide bonds. The van der Waals surface area contributed by atoms with E-state index in [-0.39, 0.29) is 17.9 Å². The van der Waals surface area contributed by atoms with Crippen molar-refractivity contribution >= 4 is 0 Å². The largest absolute Gasteiger partial charge is 0.393 e. The van der Waals surface area contributed by atoms with Crippen molar-refractivity contribution < 1.29 is 31.3 Å². The Morgan fingerprint density at radius 2 is 1.21 bits per heavy atom. The summed E-state index contributed by atoms with van der Waals surface area (Å²) >= 11 is 0. The lowest BCUT2D eigenvalue weighted by Gasteiger charge is -2.26. The lowest BCUT2D eigenvalue weighted by Crippen LogP contribution is -2.64. The standard InChI is InChI=1S/C22H47NO5/c1-5-6-9-16(3)22(28)21(27)13-15(2)12-18(24)10-7-8-11-19(25)14-20(26)17(4)23/h15-22,24-28H,5-14,23H2,1-4H3/p+1. The highest BCUT2D eigenvalue weighted by Gasteiger charge is 2.25. The molecule has 6 heteroatoms. The zero-order chi connectivity index (χ0) is 21.7.